The van der Waals surface area contributed by atoms with Gasteiger partial charge in [-0.2, -0.15) is 0 Å². The number of amides is 1. The van der Waals surface area contributed by atoms with Crippen LogP contribution in [0.2, 0.25) is 0 Å². The van der Waals surface area contributed by atoms with Gasteiger partial charge in [0.15, 0.2) is 0 Å². The average Bonchev–Trinajstić information content (AvgIpc) is 2.85. The summed E-state index contributed by atoms with van der Waals surface area (Å²) in [5.41, 5.74) is 0.136. The molecule has 0 aromatic carbocycles. The maximum absolute atomic E-state index is 12.3. The summed E-state index contributed by atoms with van der Waals surface area (Å²) in [6.45, 7) is 9.39. The fourth-order valence-electron chi connectivity index (χ4n) is 2.60. The van der Waals surface area contributed by atoms with E-state index in [1.165, 1.54) is 0 Å². The van der Waals surface area contributed by atoms with Crippen molar-refractivity contribution in [3.05, 3.63) is 0 Å². The molecular weight excluding hydrogens is 240 g/mol. The van der Waals surface area contributed by atoms with Gasteiger partial charge >= 0.3 is 0 Å². The lowest BCUT2D eigenvalue weighted by Gasteiger charge is -2.28. The zero-order chi connectivity index (χ0) is 14.5. The maximum atomic E-state index is 12.3. The first kappa shape index (κ1) is 16.4. The van der Waals surface area contributed by atoms with Crippen molar-refractivity contribution in [2.45, 2.75) is 71.6 Å². The lowest BCUT2D eigenvalue weighted by Crippen LogP contribution is -2.51. The monoisotopic (exact) mass is 270 g/mol. The summed E-state index contributed by atoms with van der Waals surface area (Å²) >= 11 is 0. The Labute approximate surface area is 117 Å². The number of hydrogen-bond acceptors (Lipinski definition) is 3. The van der Waals surface area contributed by atoms with Crippen LogP contribution in [0.5, 0.6) is 0 Å². The van der Waals surface area contributed by atoms with Crippen molar-refractivity contribution in [3.63, 3.8) is 0 Å². The molecule has 0 aromatic rings. The van der Waals surface area contributed by atoms with Crippen molar-refractivity contribution in [2.24, 2.45) is 5.41 Å². The molecule has 0 spiro atoms. The fourth-order valence-corrected chi connectivity index (χ4v) is 2.60. The normalized spacial score (nSPS) is 23.1. The molecule has 112 valence electrons. The van der Waals surface area contributed by atoms with Crippen molar-refractivity contribution in [1.82, 2.24) is 10.6 Å². The van der Waals surface area contributed by atoms with Crippen LogP contribution in [0.15, 0.2) is 0 Å². The van der Waals surface area contributed by atoms with E-state index in [0.717, 1.165) is 32.3 Å². The van der Waals surface area contributed by atoms with E-state index in [9.17, 15) is 4.79 Å². The minimum Gasteiger partial charge on any atom is -0.376 e. The molecule has 0 aromatic heterocycles. The molecule has 2 N–H and O–H groups in total. The molecular formula is C15H30N2O2. The second-order valence-corrected chi connectivity index (χ2v) is 6.68. The molecule has 0 bridgehead atoms. The van der Waals surface area contributed by atoms with Gasteiger partial charge < -0.3 is 15.4 Å². The Morgan fingerprint density at radius 1 is 1.42 bits per heavy atom. The molecule has 0 aliphatic carbocycles. The first-order valence-electron chi connectivity index (χ1n) is 7.46. The van der Waals surface area contributed by atoms with Gasteiger partial charge in [0.2, 0.25) is 5.91 Å². The molecule has 19 heavy (non-hydrogen) atoms. The summed E-state index contributed by atoms with van der Waals surface area (Å²) in [5, 5.41) is 6.28. The van der Waals surface area contributed by atoms with Gasteiger partial charge in [0.1, 0.15) is 0 Å². The van der Waals surface area contributed by atoms with Gasteiger partial charge in [-0.05, 0) is 38.1 Å². The number of carbonyl (C=O) groups excluding carboxylic acids is 1. The molecule has 1 aliphatic heterocycles. The molecule has 1 aliphatic rings. The van der Waals surface area contributed by atoms with Crippen LogP contribution in [0, 0.1) is 5.41 Å². The van der Waals surface area contributed by atoms with Crippen LogP contribution in [0.3, 0.4) is 0 Å². The Morgan fingerprint density at radius 2 is 2.11 bits per heavy atom. The van der Waals surface area contributed by atoms with E-state index in [0.29, 0.717) is 0 Å². The SMILES string of the molecule is CCC(NC(=O)C(CC(C)(C)C)NC)C1CCCO1. The van der Waals surface area contributed by atoms with Gasteiger partial charge in [-0.1, -0.05) is 27.7 Å². The molecule has 1 heterocycles. The minimum atomic E-state index is -0.129. The van der Waals surface area contributed by atoms with E-state index in [-0.39, 0.29) is 29.5 Å². The Balaban J connectivity index is 2.54. The summed E-state index contributed by atoms with van der Waals surface area (Å²) in [6.07, 6.45) is 4.11. The molecule has 1 fully saturated rings. The van der Waals surface area contributed by atoms with E-state index in [4.69, 9.17) is 4.74 Å². The number of hydrogen-bond donors (Lipinski definition) is 2. The zero-order valence-electron chi connectivity index (χ0n) is 13.1. The summed E-state index contributed by atoms with van der Waals surface area (Å²) in [6, 6.07) is 0.0151. The average molecular weight is 270 g/mol. The third kappa shape index (κ3) is 5.49. The Kier molecular flexibility index (Phi) is 6.27. The summed E-state index contributed by atoms with van der Waals surface area (Å²) in [5.74, 6) is 0.0970. The quantitative estimate of drug-likeness (QED) is 0.777. The van der Waals surface area contributed by atoms with Gasteiger partial charge in [0.05, 0.1) is 18.2 Å². The van der Waals surface area contributed by atoms with E-state index in [1.807, 2.05) is 7.05 Å². The second kappa shape index (κ2) is 7.25. The largest absolute Gasteiger partial charge is 0.376 e. The highest BCUT2D eigenvalue weighted by molar-refractivity contribution is 5.82. The van der Waals surface area contributed by atoms with Gasteiger partial charge in [0.25, 0.3) is 0 Å². The molecule has 3 unspecified atom stereocenters. The smallest absolute Gasteiger partial charge is 0.237 e. The molecule has 3 atom stereocenters. The molecule has 1 saturated heterocycles. The molecule has 4 nitrogen and oxygen atoms in total. The van der Waals surface area contributed by atoms with Crippen LogP contribution in [-0.4, -0.2) is 37.7 Å². The predicted octanol–water partition coefficient (Wildman–Crippen LogP) is 2.08. The highest BCUT2D eigenvalue weighted by Gasteiger charge is 2.29. The Bertz CT molecular complexity index is 280. The van der Waals surface area contributed by atoms with Gasteiger partial charge in [-0.3, -0.25) is 4.79 Å². The molecule has 0 radical (unpaired) electrons. The highest BCUT2D eigenvalue weighted by Crippen LogP contribution is 2.22. The van der Waals surface area contributed by atoms with Crippen LogP contribution >= 0.6 is 0 Å². The van der Waals surface area contributed by atoms with Crippen LogP contribution in [0.1, 0.15) is 53.4 Å². The van der Waals surface area contributed by atoms with E-state index >= 15 is 0 Å². The van der Waals surface area contributed by atoms with Crippen LogP contribution in [0.25, 0.3) is 0 Å². The van der Waals surface area contributed by atoms with Crippen molar-refractivity contribution in [2.75, 3.05) is 13.7 Å². The van der Waals surface area contributed by atoms with E-state index < -0.39 is 0 Å². The highest BCUT2D eigenvalue weighted by atomic mass is 16.5. The fraction of sp³-hybridized carbons (Fsp3) is 0.933. The lowest BCUT2D eigenvalue weighted by molar-refractivity contribution is -0.125. The number of ether oxygens (including phenoxy) is 1. The topological polar surface area (TPSA) is 50.4 Å². The van der Waals surface area contributed by atoms with Crippen LogP contribution in [-0.2, 0) is 9.53 Å². The Hall–Kier alpha value is -0.610. The van der Waals surface area contributed by atoms with Crippen LogP contribution < -0.4 is 10.6 Å². The first-order valence-corrected chi connectivity index (χ1v) is 7.46. The number of rotatable bonds is 6. The molecule has 0 saturated carbocycles. The number of carbonyl (C=O) groups is 1. The van der Waals surface area contributed by atoms with Crippen LogP contribution in [0.4, 0.5) is 0 Å². The summed E-state index contributed by atoms with van der Waals surface area (Å²) in [7, 11) is 1.85. The third-order valence-electron chi connectivity index (χ3n) is 3.66. The van der Waals surface area contributed by atoms with Gasteiger partial charge in [-0.25, -0.2) is 0 Å². The predicted molar refractivity (Wildman–Crippen MR) is 78.1 cm³/mol. The van der Waals surface area contributed by atoms with E-state index in [2.05, 4.69) is 38.3 Å². The van der Waals surface area contributed by atoms with Crippen molar-refractivity contribution in [3.8, 4) is 0 Å². The van der Waals surface area contributed by atoms with Crippen molar-refractivity contribution >= 4 is 5.91 Å². The Morgan fingerprint density at radius 3 is 2.53 bits per heavy atom. The molecule has 1 amide bonds. The third-order valence-corrected chi connectivity index (χ3v) is 3.66. The second-order valence-electron chi connectivity index (χ2n) is 6.68. The van der Waals surface area contributed by atoms with Gasteiger partial charge in [-0.15, -0.1) is 0 Å². The van der Waals surface area contributed by atoms with Gasteiger partial charge in [0, 0.05) is 6.61 Å². The number of nitrogens with one attached hydrogen (secondary N) is 2. The summed E-state index contributed by atoms with van der Waals surface area (Å²) < 4.78 is 5.69. The van der Waals surface area contributed by atoms with Crippen molar-refractivity contribution in [1.29, 1.82) is 0 Å². The van der Waals surface area contributed by atoms with E-state index in [1.54, 1.807) is 0 Å². The lowest BCUT2D eigenvalue weighted by atomic mass is 9.87. The number of likely N-dealkylation sites (N-methyl/N-ethyl adjacent to an activating group) is 1. The van der Waals surface area contributed by atoms with Crippen molar-refractivity contribution < 1.29 is 9.53 Å². The summed E-state index contributed by atoms with van der Waals surface area (Å²) in [4.78, 5) is 12.3. The zero-order valence-corrected chi connectivity index (χ0v) is 13.1. The first-order chi connectivity index (χ1) is 8.87. The maximum Gasteiger partial charge on any atom is 0.237 e. The minimum absolute atomic E-state index is 0.0970. The molecule has 4 heteroatoms. The standard InChI is InChI=1S/C15H30N2O2/c1-6-11(13-8-7-9-19-13)17-14(18)12(16-5)10-15(2,3)4/h11-13,16H,6-10H2,1-5H3,(H,17,18). The molecule has 1 rings (SSSR count).